The Morgan fingerprint density at radius 1 is 1.17 bits per heavy atom. The van der Waals surface area contributed by atoms with E-state index in [1.54, 1.807) is 7.05 Å². The molecule has 2 heterocycles. The topological polar surface area (TPSA) is 52.6 Å². The summed E-state index contributed by atoms with van der Waals surface area (Å²) < 4.78 is 0. The van der Waals surface area contributed by atoms with Gasteiger partial charge in [-0.25, -0.2) is 4.98 Å². The first-order valence-electron chi connectivity index (χ1n) is 7.76. The summed E-state index contributed by atoms with van der Waals surface area (Å²) in [6, 6.07) is 8.46. The predicted octanol–water partition coefficient (Wildman–Crippen LogP) is 3.25. The van der Waals surface area contributed by atoms with E-state index >= 15 is 0 Å². The van der Waals surface area contributed by atoms with Crippen molar-refractivity contribution in [1.82, 2.24) is 15.6 Å². The fourth-order valence-electron chi connectivity index (χ4n) is 2.10. The Kier molecular flexibility index (Phi) is 9.05. The summed E-state index contributed by atoms with van der Waals surface area (Å²) in [6.07, 6.45) is 2.92. The van der Waals surface area contributed by atoms with Crippen molar-refractivity contribution >= 4 is 47.1 Å². The summed E-state index contributed by atoms with van der Waals surface area (Å²) in [5.41, 5.74) is 1.18. The fraction of sp³-hybridized carbons (Fsp3) is 0.412. The first kappa shape index (κ1) is 20.7. The zero-order valence-corrected chi connectivity index (χ0v) is 17.8. The van der Waals surface area contributed by atoms with Crippen LogP contribution in [0, 0.1) is 0 Å². The minimum Gasteiger partial charge on any atom is -0.363 e. The molecule has 0 amide bonds. The number of aryl methyl sites for hydroxylation is 1. The van der Waals surface area contributed by atoms with Crippen molar-refractivity contribution < 1.29 is 0 Å². The number of rotatable bonds is 6. The van der Waals surface area contributed by atoms with Gasteiger partial charge >= 0.3 is 0 Å². The van der Waals surface area contributed by atoms with Crippen molar-refractivity contribution in [1.29, 1.82) is 0 Å². The standard InChI is InChI=1S/C17H25N5S.HI/c1-5-14-6-7-15(23-14)12-21-17(18-2)20-11-13-8-9-19-16(10-13)22(3)4;/h6-10H,5,11-12H2,1-4H3,(H2,18,20,21);1H. The normalized spacial score (nSPS) is 10.9. The highest BCUT2D eigenvalue weighted by atomic mass is 127. The molecular formula is C17H26IN5S. The highest BCUT2D eigenvalue weighted by molar-refractivity contribution is 14.0. The van der Waals surface area contributed by atoms with Crippen LogP contribution in [-0.4, -0.2) is 32.1 Å². The summed E-state index contributed by atoms with van der Waals surface area (Å²) in [5, 5.41) is 6.69. The molecule has 0 radical (unpaired) electrons. The Labute approximate surface area is 165 Å². The molecule has 0 bridgehead atoms. The number of nitrogens with zero attached hydrogens (tertiary/aromatic N) is 3. The van der Waals surface area contributed by atoms with Crippen LogP contribution in [0.2, 0.25) is 0 Å². The molecule has 0 atom stereocenters. The average Bonchev–Trinajstić information content (AvgIpc) is 3.03. The maximum atomic E-state index is 4.33. The molecule has 24 heavy (non-hydrogen) atoms. The molecule has 7 heteroatoms. The molecule has 5 nitrogen and oxygen atoms in total. The number of nitrogens with one attached hydrogen (secondary N) is 2. The van der Waals surface area contributed by atoms with Crippen molar-refractivity contribution in [2.45, 2.75) is 26.4 Å². The number of aromatic nitrogens is 1. The second kappa shape index (κ2) is 10.5. The molecule has 132 valence electrons. The number of guanidine groups is 1. The van der Waals surface area contributed by atoms with Crippen molar-refractivity contribution in [3.63, 3.8) is 0 Å². The van der Waals surface area contributed by atoms with Crippen molar-refractivity contribution in [2.75, 3.05) is 26.0 Å². The van der Waals surface area contributed by atoms with Gasteiger partial charge in [0.25, 0.3) is 0 Å². The van der Waals surface area contributed by atoms with Crippen LogP contribution < -0.4 is 15.5 Å². The summed E-state index contributed by atoms with van der Waals surface area (Å²) in [5.74, 6) is 1.76. The first-order chi connectivity index (χ1) is 11.1. The number of anilines is 1. The third kappa shape index (κ3) is 6.27. The van der Waals surface area contributed by atoms with Crippen molar-refractivity contribution in [3.05, 3.63) is 45.8 Å². The van der Waals surface area contributed by atoms with Gasteiger partial charge in [0.1, 0.15) is 5.82 Å². The number of aliphatic imine (C=N–C) groups is 1. The molecule has 0 aromatic carbocycles. The summed E-state index contributed by atoms with van der Waals surface area (Å²) in [4.78, 5) is 13.3. The number of hydrogen-bond acceptors (Lipinski definition) is 4. The molecule has 0 aliphatic heterocycles. The molecule has 0 aliphatic carbocycles. The Hall–Kier alpha value is -1.35. The highest BCUT2D eigenvalue weighted by Gasteiger charge is 2.03. The van der Waals surface area contributed by atoms with Gasteiger partial charge in [0.2, 0.25) is 0 Å². The molecule has 0 saturated carbocycles. The summed E-state index contributed by atoms with van der Waals surface area (Å²) in [6.45, 7) is 3.69. The Morgan fingerprint density at radius 2 is 1.88 bits per heavy atom. The number of pyridine rings is 1. The van der Waals surface area contributed by atoms with Crippen molar-refractivity contribution in [2.24, 2.45) is 4.99 Å². The maximum absolute atomic E-state index is 4.33. The Bertz CT molecular complexity index is 654. The molecule has 2 rings (SSSR count). The van der Waals surface area contributed by atoms with E-state index in [4.69, 9.17) is 0 Å². The SMILES string of the molecule is CCc1ccc(CNC(=NC)NCc2ccnc(N(C)C)c2)s1.I. The molecule has 0 spiro atoms. The van der Waals surface area contributed by atoms with Crippen LogP contribution in [0.4, 0.5) is 5.82 Å². The second-order valence-corrected chi connectivity index (χ2v) is 6.67. The van der Waals surface area contributed by atoms with Gasteiger partial charge in [0, 0.05) is 43.6 Å². The van der Waals surface area contributed by atoms with Crippen LogP contribution >= 0.6 is 35.3 Å². The lowest BCUT2D eigenvalue weighted by molar-refractivity contribution is 0.814. The lowest BCUT2D eigenvalue weighted by atomic mass is 10.2. The van der Waals surface area contributed by atoms with E-state index in [2.05, 4.69) is 45.7 Å². The van der Waals surface area contributed by atoms with Crippen LogP contribution in [-0.2, 0) is 19.5 Å². The van der Waals surface area contributed by atoms with Gasteiger partial charge in [-0.3, -0.25) is 4.99 Å². The molecule has 2 aromatic heterocycles. The molecule has 0 unspecified atom stereocenters. The lowest BCUT2D eigenvalue weighted by Crippen LogP contribution is -2.36. The zero-order chi connectivity index (χ0) is 16.7. The minimum absolute atomic E-state index is 0. The van der Waals surface area contributed by atoms with Crippen LogP contribution in [0.3, 0.4) is 0 Å². The van der Waals surface area contributed by atoms with Gasteiger partial charge in [0.05, 0.1) is 6.54 Å². The van der Waals surface area contributed by atoms with Gasteiger partial charge in [-0.05, 0) is 36.2 Å². The smallest absolute Gasteiger partial charge is 0.191 e. The van der Waals surface area contributed by atoms with Crippen molar-refractivity contribution in [3.8, 4) is 0 Å². The van der Waals surface area contributed by atoms with E-state index in [0.717, 1.165) is 24.7 Å². The van der Waals surface area contributed by atoms with Gasteiger partial charge in [-0.1, -0.05) is 6.92 Å². The fourth-order valence-corrected chi connectivity index (χ4v) is 3.00. The number of halogens is 1. The van der Waals surface area contributed by atoms with E-state index in [-0.39, 0.29) is 24.0 Å². The van der Waals surface area contributed by atoms with Crippen LogP contribution in [0.15, 0.2) is 35.5 Å². The van der Waals surface area contributed by atoms with Gasteiger partial charge in [0.15, 0.2) is 5.96 Å². The highest BCUT2D eigenvalue weighted by Crippen LogP contribution is 2.16. The van der Waals surface area contributed by atoms with Crippen LogP contribution in [0.1, 0.15) is 22.2 Å². The van der Waals surface area contributed by atoms with E-state index in [0.29, 0.717) is 6.54 Å². The molecule has 2 aromatic rings. The van der Waals surface area contributed by atoms with Gasteiger partial charge in [-0.15, -0.1) is 35.3 Å². The number of thiophene rings is 1. The molecule has 2 N–H and O–H groups in total. The van der Waals surface area contributed by atoms with E-state index in [9.17, 15) is 0 Å². The zero-order valence-electron chi connectivity index (χ0n) is 14.7. The lowest BCUT2D eigenvalue weighted by Gasteiger charge is -2.14. The van der Waals surface area contributed by atoms with Gasteiger partial charge < -0.3 is 15.5 Å². The molecule has 0 saturated heterocycles. The largest absolute Gasteiger partial charge is 0.363 e. The number of hydrogen-bond donors (Lipinski definition) is 2. The molecular weight excluding hydrogens is 433 g/mol. The third-order valence-electron chi connectivity index (χ3n) is 3.45. The quantitative estimate of drug-likeness (QED) is 0.396. The van der Waals surface area contributed by atoms with Gasteiger partial charge in [-0.2, -0.15) is 0 Å². The van der Waals surface area contributed by atoms with Crippen LogP contribution in [0.5, 0.6) is 0 Å². The maximum Gasteiger partial charge on any atom is 0.191 e. The minimum atomic E-state index is 0. The second-order valence-electron chi connectivity index (χ2n) is 5.42. The van der Waals surface area contributed by atoms with Crippen LogP contribution in [0.25, 0.3) is 0 Å². The van der Waals surface area contributed by atoms with E-state index in [1.807, 2.05) is 42.6 Å². The third-order valence-corrected chi connectivity index (χ3v) is 4.68. The molecule has 0 aliphatic rings. The Morgan fingerprint density at radius 3 is 2.50 bits per heavy atom. The summed E-state index contributed by atoms with van der Waals surface area (Å²) in [7, 11) is 5.77. The average molecular weight is 459 g/mol. The first-order valence-corrected chi connectivity index (χ1v) is 8.58. The predicted molar refractivity (Wildman–Crippen MR) is 115 cm³/mol. The summed E-state index contributed by atoms with van der Waals surface area (Å²) >= 11 is 1.85. The Balaban J connectivity index is 0.00000288. The molecule has 0 fully saturated rings. The van der Waals surface area contributed by atoms with E-state index in [1.165, 1.54) is 15.3 Å². The van der Waals surface area contributed by atoms with E-state index < -0.39 is 0 Å². The monoisotopic (exact) mass is 459 g/mol.